The Labute approximate surface area is 110 Å². The first-order valence-electron chi connectivity index (χ1n) is 5.12. The zero-order valence-corrected chi connectivity index (χ0v) is 12.2. The summed E-state index contributed by atoms with van der Waals surface area (Å²) in [6, 6.07) is -0.309. The van der Waals surface area contributed by atoms with Gasteiger partial charge in [-0.25, -0.2) is 18.1 Å². The molecule has 0 aliphatic rings. The molecular weight excluding hydrogens is 310 g/mol. The van der Waals surface area contributed by atoms with Crippen molar-refractivity contribution in [3.05, 3.63) is 12.5 Å². The lowest BCUT2D eigenvalue weighted by atomic mass is 10.4. The van der Waals surface area contributed by atoms with Gasteiger partial charge in [-0.1, -0.05) is 15.9 Å². The number of alkyl halides is 1. The van der Waals surface area contributed by atoms with Gasteiger partial charge in [0, 0.05) is 25.2 Å². The van der Waals surface area contributed by atoms with Crippen LogP contribution in [-0.4, -0.2) is 43.1 Å². The van der Waals surface area contributed by atoms with E-state index >= 15 is 0 Å². The van der Waals surface area contributed by atoms with Gasteiger partial charge in [-0.2, -0.15) is 0 Å². The predicted octanol–water partition coefficient (Wildman–Crippen LogP) is 0.591. The van der Waals surface area contributed by atoms with E-state index in [1.807, 2.05) is 6.92 Å². The van der Waals surface area contributed by atoms with Gasteiger partial charge in [-0.15, -0.1) is 0 Å². The molecule has 17 heavy (non-hydrogen) atoms. The van der Waals surface area contributed by atoms with Crippen LogP contribution in [0.15, 0.2) is 17.6 Å². The zero-order chi connectivity index (χ0) is 12.9. The van der Waals surface area contributed by atoms with Crippen molar-refractivity contribution >= 4 is 26.0 Å². The molecule has 0 bridgehead atoms. The number of aryl methyl sites for hydroxylation is 1. The van der Waals surface area contributed by atoms with Gasteiger partial charge < -0.3 is 9.30 Å². The molecule has 0 spiro atoms. The second-order valence-electron chi connectivity index (χ2n) is 3.47. The van der Waals surface area contributed by atoms with E-state index in [0.717, 1.165) is 0 Å². The Balaban J connectivity index is 2.80. The van der Waals surface area contributed by atoms with Crippen LogP contribution in [0, 0.1) is 0 Å². The molecule has 0 amide bonds. The molecule has 1 atom stereocenters. The van der Waals surface area contributed by atoms with Crippen LogP contribution in [0.1, 0.15) is 6.92 Å². The Hall–Kier alpha value is -0.440. The summed E-state index contributed by atoms with van der Waals surface area (Å²) in [6.07, 6.45) is 2.99. The van der Waals surface area contributed by atoms with E-state index in [1.165, 1.54) is 19.6 Å². The van der Waals surface area contributed by atoms with Gasteiger partial charge in [-0.3, -0.25) is 0 Å². The molecule has 0 aromatic carbocycles. The van der Waals surface area contributed by atoms with Crippen molar-refractivity contribution in [3.8, 4) is 0 Å². The highest BCUT2D eigenvalue weighted by atomic mass is 79.9. The molecule has 1 aromatic heterocycles. The third-order valence-electron chi connectivity index (χ3n) is 2.13. The molecule has 0 aliphatic carbocycles. The number of methoxy groups -OCH3 is 1. The largest absolute Gasteiger partial charge is 0.383 e. The maximum absolute atomic E-state index is 11.9. The standard InChI is InChI=1S/C9H16BrN3O3S/c1-3-13-5-9(11-7-13)17(14,15)12-8(4-10)6-16-2/h5,7-8,12H,3-4,6H2,1-2H3. The number of sulfonamides is 1. The summed E-state index contributed by atoms with van der Waals surface area (Å²) in [6.45, 7) is 2.90. The fraction of sp³-hybridized carbons (Fsp3) is 0.667. The van der Waals surface area contributed by atoms with Crippen molar-refractivity contribution in [2.75, 3.05) is 19.0 Å². The quantitative estimate of drug-likeness (QED) is 0.745. The number of ether oxygens (including phenoxy) is 1. The summed E-state index contributed by atoms with van der Waals surface area (Å²) in [4.78, 5) is 3.86. The molecule has 0 saturated carbocycles. The van der Waals surface area contributed by atoms with Crippen LogP contribution in [0.25, 0.3) is 0 Å². The van der Waals surface area contributed by atoms with Crippen LogP contribution < -0.4 is 4.72 Å². The van der Waals surface area contributed by atoms with Gasteiger partial charge in [0.2, 0.25) is 0 Å². The number of halogens is 1. The summed E-state index contributed by atoms with van der Waals surface area (Å²) in [5, 5.41) is 0.510. The minimum atomic E-state index is -3.58. The molecule has 0 saturated heterocycles. The van der Waals surface area contributed by atoms with Crippen LogP contribution in [0.4, 0.5) is 0 Å². The lowest BCUT2D eigenvalue weighted by molar-refractivity contribution is 0.182. The van der Waals surface area contributed by atoms with E-state index < -0.39 is 10.0 Å². The first-order chi connectivity index (χ1) is 8.03. The normalized spacial score (nSPS) is 13.8. The van der Waals surface area contributed by atoms with E-state index in [0.29, 0.717) is 18.5 Å². The van der Waals surface area contributed by atoms with Crippen LogP contribution in [0.3, 0.4) is 0 Å². The SMILES string of the molecule is CCn1cnc(S(=O)(=O)NC(CBr)COC)c1. The Morgan fingerprint density at radius 2 is 2.35 bits per heavy atom. The maximum Gasteiger partial charge on any atom is 0.259 e. The van der Waals surface area contributed by atoms with E-state index in [1.54, 1.807) is 4.57 Å². The van der Waals surface area contributed by atoms with Crippen molar-refractivity contribution in [2.24, 2.45) is 0 Å². The van der Waals surface area contributed by atoms with Crippen LogP contribution in [0.5, 0.6) is 0 Å². The molecule has 0 aliphatic heterocycles. The van der Waals surface area contributed by atoms with Crippen molar-refractivity contribution in [1.82, 2.24) is 14.3 Å². The molecule has 6 nitrogen and oxygen atoms in total. The number of rotatable bonds is 7. The second kappa shape index (κ2) is 6.48. The van der Waals surface area contributed by atoms with Gasteiger partial charge in [-0.05, 0) is 6.92 Å². The maximum atomic E-state index is 11.9. The van der Waals surface area contributed by atoms with E-state index in [-0.39, 0.29) is 11.1 Å². The summed E-state index contributed by atoms with van der Waals surface area (Å²) in [7, 11) is -2.05. The summed E-state index contributed by atoms with van der Waals surface area (Å²) in [5.41, 5.74) is 0. The van der Waals surface area contributed by atoms with E-state index in [2.05, 4.69) is 25.6 Å². The number of hydrogen-bond donors (Lipinski definition) is 1. The highest BCUT2D eigenvalue weighted by molar-refractivity contribution is 9.09. The molecule has 0 radical (unpaired) electrons. The van der Waals surface area contributed by atoms with Crippen LogP contribution in [0.2, 0.25) is 0 Å². The molecule has 8 heteroatoms. The van der Waals surface area contributed by atoms with Crippen molar-refractivity contribution in [3.63, 3.8) is 0 Å². The van der Waals surface area contributed by atoms with Crippen molar-refractivity contribution in [2.45, 2.75) is 24.5 Å². The topological polar surface area (TPSA) is 73.2 Å². The summed E-state index contributed by atoms with van der Waals surface area (Å²) < 4.78 is 33.0. The Bertz CT molecular complexity index is 446. The smallest absolute Gasteiger partial charge is 0.259 e. The van der Waals surface area contributed by atoms with Crippen LogP contribution in [-0.2, 0) is 21.3 Å². The third-order valence-corrected chi connectivity index (χ3v) is 4.31. The Morgan fingerprint density at radius 1 is 1.65 bits per heavy atom. The van der Waals surface area contributed by atoms with E-state index in [9.17, 15) is 8.42 Å². The van der Waals surface area contributed by atoms with Gasteiger partial charge in [0.05, 0.1) is 19.0 Å². The molecular formula is C9H16BrN3O3S. The highest BCUT2D eigenvalue weighted by Gasteiger charge is 2.21. The number of imidazole rings is 1. The molecule has 1 unspecified atom stereocenters. The van der Waals surface area contributed by atoms with Gasteiger partial charge in [0.15, 0.2) is 5.03 Å². The molecule has 0 fully saturated rings. The molecule has 1 aromatic rings. The van der Waals surface area contributed by atoms with Crippen molar-refractivity contribution < 1.29 is 13.2 Å². The first-order valence-corrected chi connectivity index (χ1v) is 7.73. The first kappa shape index (κ1) is 14.6. The van der Waals surface area contributed by atoms with Crippen LogP contribution >= 0.6 is 15.9 Å². The zero-order valence-electron chi connectivity index (χ0n) is 9.76. The third kappa shape index (κ3) is 4.06. The number of nitrogens with one attached hydrogen (secondary N) is 1. The summed E-state index contributed by atoms with van der Waals surface area (Å²) in [5.74, 6) is 0. The molecule has 1 N–H and O–H groups in total. The Kier molecular flexibility index (Phi) is 5.57. The lowest BCUT2D eigenvalue weighted by Gasteiger charge is -2.13. The number of nitrogens with zero attached hydrogens (tertiary/aromatic N) is 2. The molecule has 1 heterocycles. The molecule has 1 rings (SSSR count). The Morgan fingerprint density at radius 3 is 2.82 bits per heavy atom. The van der Waals surface area contributed by atoms with Crippen molar-refractivity contribution in [1.29, 1.82) is 0 Å². The predicted molar refractivity (Wildman–Crippen MR) is 67.7 cm³/mol. The average molecular weight is 326 g/mol. The van der Waals surface area contributed by atoms with Gasteiger partial charge in [0.25, 0.3) is 10.0 Å². The van der Waals surface area contributed by atoms with E-state index in [4.69, 9.17) is 4.74 Å². The fourth-order valence-electron chi connectivity index (χ4n) is 1.24. The second-order valence-corrected chi connectivity index (χ2v) is 5.78. The van der Waals surface area contributed by atoms with Gasteiger partial charge in [0.1, 0.15) is 0 Å². The average Bonchev–Trinajstić information content (AvgIpc) is 2.77. The fourth-order valence-corrected chi connectivity index (χ4v) is 2.98. The van der Waals surface area contributed by atoms with Gasteiger partial charge >= 0.3 is 0 Å². The summed E-state index contributed by atoms with van der Waals surface area (Å²) >= 11 is 3.23. The monoisotopic (exact) mass is 325 g/mol. The minimum Gasteiger partial charge on any atom is -0.383 e. The minimum absolute atomic E-state index is 0.0291. The molecule has 98 valence electrons. The number of aromatic nitrogens is 2. The lowest BCUT2D eigenvalue weighted by Crippen LogP contribution is -2.39. The highest BCUT2D eigenvalue weighted by Crippen LogP contribution is 2.07. The number of hydrogen-bond acceptors (Lipinski definition) is 4.